The molecule has 1 aromatic heterocycles. The van der Waals surface area contributed by atoms with Gasteiger partial charge in [-0.15, -0.1) is 0 Å². The van der Waals surface area contributed by atoms with E-state index in [9.17, 15) is 21.6 Å². The van der Waals surface area contributed by atoms with Crippen LogP contribution in [0.2, 0.25) is 0 Å². The average Bonchev–Trinajstić information content (AvgIpc) is 1.99. The van der Waals surface area contributed by atoms with E-state index in [1.165, 1.54) is 0 Å². The molecule has 0 atom stereocenters. The Hall–Kier alpha value is -1.15. The number of nitrogens with zero attached hydrogens (tertiary/aromatic N) is 1. The third-order valence-corrected chi connectivity index (χ3v) is 2.68. The van der Waals surface area contributed by atoms with Crippen LogP contribution in [-0.4, -0.2) is 13.4 Å². The maximum Gasteiger partial charge on any atom is 0.280 e. The molecule has 0 radical (unpaired) electrons. The van der Waals surface area contributed by atoms with Crippen LogP contribution in [0.4, 0.5) is 13.2 Å². The van der Waals surface area contributed by atoms with Gasteiger partial charge >= 0.3 is 0 Å². The third-order valence-electron chi connectivity index (χ3n) is 1.63. The number of sulfonamides is 1. The lowest BCUT2D eigenvalue weighted by Crippen LogP contribution is -2.17. The van der Waals surface area contributed by atoms with Crippen LogP contribution in [0, 0.1) is 12.7 Å². The standard InChI is InChI=1S/C7H7F3N2O2S/c1-3-6(15(11,13)14)4(8)2-5(12-3)7(9)10/h2,7H,1H3,(H2,11,13,14). The van der Waals surface area contributed by atoms with Crippen molar-refractivity contribution in [3.63, 3.8) is 0 Å². The summed E-state index contributed by atoms with van der Waals surface area (Å²) in [6, 6.07) is 0.359. The van der Waals surface area contributed by atoms with Crippen LogP contribution >= 0.6 is 0 Å². The highest BCUT2D eigenvalue weighted by molar-refractivity contribution is 7.89. The highest BCUT2D eigenvalue weighted by atomic mass is 32.2. The number of aryl methyl sites for hydroxylation is 1. The molecule has 84 valence electrons. The predicted octanol–water partition coefficient (Wildman–Crippen LogP) is 1.11. The van der Waals surface area contributed by atoms with Crippen molar-refractivity contribution in [1.29, 1.82) is 0 Å². The summed E-state index contributed by atoms with van der Waals surface area (Å²) < 4.78 is 59.2. The Balaban J connectivity index is 3.48. The number of alkyl halides is 2. The molecule has 0 unspecified atom stereocenters. The minimum atomic E-state index is -4.29. The average molecular weight is 240 g/mol. The molecule has 8 heteroatoms. The summed E-state index contributed by atoms with van der Waals surface area (Å²) in [5.41, 5.74) is -1.20. The van der Waals surface area contributed by atoms with Gasteiger partial charge in [-0.1, -0.05) is 0 Å². The van der Waals surface area contributed by atoms with Gasteiger partial charge in [-0.3, -0.25) is 4.98 Å². The van der Waals surface area contributed by atoms with E-state index < -0.39 is 32.9 Å². The maximum absolute atomic E-state index is 13.1. The smallest absolute Gasteiger partial charge is 0.251 e. The van der Waals surface area contributed by atoms with Crippen molar-refractivity contribution in [2.45, 2.75) is 18.2 Å². The Morgan fingerprint density at radius 1 is 1.47 bits per heavy atom. The van der Waals surface area contributed by atoms with Gasteiger partial charge in [-0.05, 0) is 6.92 Å². The fourth-order valence-corrected chi connectivity index (χ4v) is 1.89. The first kappa shape index (κ1) is 11.9. The Kier molecular flexibility index (Phi) is 3.00. The van der Waals surface area contributed by atoms with Crippen molar-refractivity contribution in [1.82, 2.24) is 4.98 Å². The van der Waals surface area contributed by atoms with E-state index in [2.05, 4.69) is 10.1 Å². The highest BCUT2D eigenvalue weighted by Crippen LogP contribution is 2.22. The van der Waals surface area contributed by atoms with Gasteiger partial charge in [-0.25, -0.2) is 26.7 Å². The van der Waals surface area contributed by atoms with E-state index in [1.54, 1.807) is 0 Å². The number of halogens is 3. The van der Waals surface area contributed by atoms with Gasteiger partial charge in [0, 0.05) is 6.07 Å². The topological polar surface area (TPSA) is 73.0 Å². The molecule has 0 aliphatic heterocycles. The number of primary sulfonamides is 1. The van der Waals surface area contributed by atoms with Crippen molar-refractivity contribution in [2.24, 2.45) is 5.14 Å². The van der Waals surface area contributed by atoms with Gasteiger partial charge in [-0.2, -0.15) is 0 Å². The SMILES string of the molecule is Cc1nc(C(F)F)cc(F)c1S(N)(=O)=O. The zero-order chi connectivity index (χ0) is 11.8. The van der Waals surface area contributed by atoms with Gasteiger partial charge in [0.2, 0.25) is 10.0 Å². The lowest BCUT2D eigenvalue weighted by atomic mass is 10.3. The minimum Gasteiger partial charge on any atom is -0.251 e. The molecular formula is C7H7F3N2O2S. The second-order valence-electron chi connectivity index (χ2n) is 2.79. The van der Waals surface area contributed by atoms with E-state index in [1.807, 2.05) is 0 Å². The van der Waals surface area contributed by atoms with Gasteiger partial charge < -0.3 is 0 Å². The number of rotatable bonds is 2. The van der Waals surface area contributed by atoms with E-state index in [-0.39, 0.29) is 5.69 Å². The van der Waals surface area contributed by atoms with Gasteiger partial charge in [0.1, 0.15) is 16.4 Å². The molecule has 1 aromatic rings. The minimum absolute atomic E-state index is 0.359. The number of pyridine rings is 1. The van der Waals surface area contributed by atoms with Crippen molar-refractivity contribution in [2.75, 3.05) is 0 Å². The summed E-state index contributed by atoms with van der Waals surface area (Å²) >= 11 is 0. The summed E-state index contributed by atoms with van der Waals surface area (Å²) in [5.74, 6) is -1.32. The summed E-state index contributed by atoms with van der Waals surface area (Å²) in [4.78, 5) is 2.40. The molecule has 4 nitrogen and oxygen atoms in total. The molecule has 1 rings (SSSR count). The molecule has 2 N–H and O–H groups in total. The van der Waals surface area contributed by atoms with Crippen molar-refractivity contribution in [3.05, 3.63) is 23.3 Å². The quantitative estimate of drug-likeness (QED) is 0.841. The molecule has 1 heterocycles. The molecule has 0 aromatic carbocycles. The molecule has 0 saturated carbocycles. The Morgan fingerprint density at radius 3 is 2.33 bits per heavy atom. The van der Waals surface area contributed by atoms with Crippen molar-refractivity contribution < 1.29 is 21.6 Å². The van der Waals surface area contributed by atoms with Gasteiger partial charge in [0.25, 0.3) is 6.43 Å². The Bertz CT molecular complexity index is 464. The fourth-order valence-electron chi connectivity index (χ4n) is 1.10. The van der Waals surface area contributed by atoms with Crippen LogP contribution in [0.5, 0.6) is 0 Å². The molecule has 0 saturated heterocycles. The molecule has 0 fully saturated rings. The molecule has 0 spiro atoms. The molecular weight excluding hydrogens is 233 g/mol. The summed E-state index contributed by atoms with van der Waals surface area (Å²) in [5, 5.41) is 4.69. The molecule has 0 amide bonds. The van der Waals surface area contributed by atoms with Crippen LogP contribution in [0.1, 0.15) is 17.8 Å². The van der Waals surface area contributed by atoms with E-state index in [4.69, 9.17) is 0 Å². The predicted molar refractivity (Wildman–Crippen MR) is 45.3 cm³/mol. The van der Waals surface area contributed by atoms with Crippen LogP contribution in [0.15, 0.2) is 11.0 Å². The zero-order valence-corrected chi connectivity index (χ0v) is 8.35. The van der Waals surface area contributed by atoms with E-state index in [0.717, 1.165) is 6.92 Å². The van der Waals surface area contributed by atoms with Crippen LogP contribution in [-0.2, 0) is 10.0 Å². The second-order valence-corrected chi connectivity index (χ2v) is 4.29. The van der Waals surface area contributed by atoms with Crippen LogP contribution in [0.3, 0.4) is 0 Å². The fraction of sp³-hybridized carbons (Fsp3) is 0.286. The third kappa shape index (κ3) is 2.45. The largest absolute Gasteiger partial charge is 0.280 e. The highest BCUT2D eigenvalue weighted by Gasteiger charge is 2.22. The summed E-state index contributed by atoms with van der Waals surface area (Å²) in [7, 11) is -4.29. The monoisotopic (exact) mass is 240 g/mol. The van der Waals surface area contributed by atoms with Crippen LogP contribution in [0.25, 0.3) is 0 Å². The normalized spacial score (nSPS) is 12.1. The summed E-state index contributed by atoms with van der Waals surface area (Å²) in [6.45, 7) is 1.09. The van der Waals surface area contributed by atoms with Crippen molar-refractivity contribution >= 4 is 10.0 Å². The number of nitrogens with two attached hydrogens (primary N) is 1. The van der Waals surface area contributed by atoms with Gasteiger partial charge in [0.15, 0.2) is 0 Å². The molecule has 0 aliphatic rings. The zero-order valence-electron chi connectivity index (χ0n) is 7.54. The molecule has 0 aliphatic carbocycles. The first-order valence-corrected chi connectivity index (χ1v) is 5.26. The first-order chi connectivity index (χ1) is 6.73. The van der Waals surface area contributed by atoms with Gasteiger partial charge in [0.05, 0.1) is 5.69 Å². The lowest BCUT2D eigenvalue weighted by Gasteiger charge is -2.06. The summed E-state index contributed by atoms with van der Waals surface area (Å²) in [6.07, 6.45) is -2.97. The Morgan fingerprint density at radius 2 is 2.00 bits per heavy atom. The number of hydrogen-bond acceptors (Lipinski definition) is 3. The van der Waals surface area contributed by atoms with Crippen LogP contribution < -0.4 is 5.14 Å². The van der Waals surface area contributed by atoms with E-state index >= 15 is 0 Å². The first-order valence-electron chi connectivity index (χ1n) is 3.71. The molecule has 0 bridgehead atoms. The number of hydrogen-bond donors (Lipinski definition) is 1. The van der Waals surface area contributed by atoms with Crippen molar-refractivity contribution in [3.8, 4) is 0 Å². The maximum atomic E-state index is 13.1. The number of aromatic nitrogens is 1. The van der Waals surface area contributed by atoms with E-state index in [0.29, 0.717) is 6.07 Å². The lowest BCUT2D eigenvalue weighted by molar-refractivity contribution is 0.145. The molecule has 15 heavy (non-hydrogen) atoms. The second kappa shape index (κ2) is 3.78. The Labute approximate surface area is 84.0 Å².